The van der Waals surface area contributed by atoms with Crippen LogP contribution in [0.15, 0.2) is 72.3 Å². The maximum absolute atomic E-state index is 2.37. The first kappa shape index (κ1) is 13.3. The molecule has 0 saturated carbocycles. The van der Waals surface area contributed by atoms with Crippen LogP contribution in [0.5, 0.6) is 0 Å². The van der Waals surface area contributed by atoms with Gasteiger partial charge >= 0.3 is 0 Å². The Balaban J connectivity index is 2.00. The van der Waals surface area contributed by atoms with Gasteiger partial charge in [-0.1, -0.05) is 85.6 Å². The van der Waals surface area contributed by atoms with E-state index in [1.807, 2.05) is 0 Å². The van der Waals surface area contributed by atoms with Crippen molar-refractivity contribution in [1.29, 1.82) is 0 Å². The molecule has 0 bridgehead atoms. The smallest absolute Gasteiger partial charge is 0.0170 e. The lowest BCUT2D eigenvalue weighted by molar-refractivity contribution is 0.921. The molecular formula is C22H19. The van der Waals surface area contributed by atoms with E-state index in [0.29, 0.717) is 0 Å². The fourth-order valence-electron chi connectivity index (χ4n) is 3.51. The Bertz CT molecular complexity index is 863. The van der Waals surface area contributed by atoms with Crippen molar-refractivity contribution in [3.63, 3.8) is 0 Å². The topological polar surface area (TPSA) is 0 Å². The number of rotatable bonds is 3. The molecule has 1 aliphatic rings. The van der Waals surface area contributed by atoms with Crippen LogP contribution in [-0.2, 0) is 0 Å². The third-order valence-electron chi connectivity index (χ3n) is 4.46. The van der Waals surface area contributed by atoms with Crippen LogP contribution in [0.3, 0.4) is 0 Å². The molecule has 0 N–H and O–H groups in total. The minimum absolute atomic E-state index is 1.13. The number of benzene rings is 3. The highest BCUT2D eigenvalue weighted by Crippen LogP contribution is 2.42. The summed E-state index contributed by atoms with van der Waals surface area (Å²) in [5.74, 6) is 0. The van der Waals surface area contributed by atoms with Crippen LogP contribution in [0.25, 0.3) is 16.3 Å². The Morgan fingerprint density at radius 3 is 2.36 bits per heavy atom. The lowest BCUT2D eigenvalue weighted by Crippen LogP contribution is -1.90. The van der Waals surface area contributed by atoms with Gasteiger partial charge in [-0.3, -0.25) is 0 Å². The monoisotopic (exact) mass is 283 g/mol. The predicted molar refractivity (Wildman–Crippen MR) is 94.7 cm³/mol. The van der Waals surface area contributed by atoms with Crippen LogP contribution in [-0.4, -0.2) is 0 Å². The maximum atomic E-state index is 2.37. The van der Waals surface area contributed by atoms with Gasteiger partial charge in [0, 0.05) is 6.42 Å². The van der Waals surface area contributed by atoms with Crippen LogP contribution in [0.1, 0.15) is 36.5 Å². The summed E-state index contributed by atoms with van der Waals surface area (Å²) in [6.07, 6.45) is 4.68. The van der Waals surface area contributed by atoms with E-state index in [1.165, 1.54) is 45.0 Å². The molecule has 4 rings (SSSR count). The molecule has 3 aromatic carbocycles. The zero-order chi connectivity index (χ0) is 14.9. The molecule has 1 aliphatic carbocycles. The second-order valence-electron chi connectivity index (χ2n) is 5.91. The van der Waals surface area contributed by atoms with Gasteiger partial charge < -0.3 is 0 Å². The lowest BCUT2D eigenvalue weighted by Gasteiger charge is -2.12. The van der Waals surface area contributed by atoms with E-state index in [9.17, 15) is 0 Å². The Kier molecular flexibility index (Phi) is 3.31. The van der Waals surface area contributed by atoms with Crippen molar-refractivity contribution in [1.82, 2.24) is 0 Å². The van der Waals surface area contributed by atoms with Crippen LogP contribution < -0.4 is 0 Å². The Morgan fingerprint density at radius 1 is 0.727 bits per heavy atom. The molecular weight excluding hydrogens is 264 g/mol. The molecule has 0 amide bonds. The third kappa shape index (κ3) is 2.07. The first-order valence-corrected chi connectivity index (χ1v) is 8.04. The lowest BCUT2D eigenvalue weighted by atomic mass is 9.92. The van der Waals surface area contributed by atoms with Crippen LogP contribution >= 0.6 is 0 Å². The first-order valence-electron chi connectivity index (χ1n) is 8.04. The van der Waals surface area contributed by atoms with E-state index in [4.69, 9.17) is 0 Å². The molecule has 22 heavy (non-hydrogen) atoms. The molecule has 0 unspecified atom stereocenters. The van der Waals surface area contributed by atoms with E-state index < -0.39 is 0 Å². The molecule has 0 aliphatic heterocycles. The van der Waals surface area contributed by atoms with Crippen molar-refractivity contribution >= 4 is 16.3 Å². The second kappa shape index (κ2) is 5.46. The fraction of sp³-hybridized carbons (Fsp3) is 0.136. The highest BCUT2D eigenvalue weighted by Gasteiger charge is 2.23. The van der Waals surface area contributed by atoms with Crippen molar-refractivity contribution in [3.8, 4) is 0 Å². The average molecular weight is 283 g/mol. The molecule has 0 aromatic heterocycles. The number of fused-ring (bicyclic) bond motifs is 2. The van der Waals surface area contributed by atoms with Crippen molar-refractivity contribution in [2.45, 2.75) is 19.8 Å². The van der Waals surface area contributed by atoms with Crippen molar-refractivity contribution in [2.75, 3.05) is 0 Å². The highest BCUT2D eigenvalue weighted by atomic mass is 14.3. The molecule has 3 aromatic rings. The van der Waals surface area contributed by atoms with Crippen molar-refractivity contribution in [3.05, 3.63) is 95.4 Å². The summed E-state index contributed by atoms with van der Waals surface area (Å²) in [4.78, 5) is 0. The Hall–Kier alpha value is -2.34. The molecule has 1 radical (unpaired) electrons. The first-order chi connectivity index (χ1) is 10.9. The van der Waals surface area contributed by atoms with Crippen molar-refractivity contribution in [2.24, 2.45) is 0 Å². The summed E-state index contributed by atoms with van der Waals surface area (Å²) < 4.78 is 0. The number of allylic oxidation sites excluding steroid dienone is 1. The highest BCUT2D eigenvalue weighted by molar-refractivity contribution is 6.01. The summed E-state index contributed by atoms with van der Waals surface area (Å²) in [5.41, 5.74) is 6.99. The van der Waals surface area contributed by atoms with E-state index in [0.717, 1.165) is 6.42 Å². The largest absolute Gasteiger partial charge is 0.0651 e. The van der Waals surface area contributed by atoms with Gasteiger partial charge in [0.2, 0.25) is 0 Å². The van der Waals surface area contributed by atoms with E-state index in [-0.39, 0.29) is 0 Å². The zero-order valence-electron chi connectivity index (χ0n) is 12.8. The maximum Gasteiger partial charge on any atom is 0.0170 e. The Morgan fingerprint density at radius 2 is 1.45 bits per heavy atom. The fourth-order valence-corrected chi connectivity index (χ4v) is 3.51. The molecule has 0 heteroatoms. The van der Waals surface area contributed by atoms with Gasteiger partial charge in [0.25, 0.3) is 0 Å². The molecule has 0 spiro atoms. The van der Waals surface area contributed by atoms with E-state index >= 15 is 0 Å². The minimum Gasteiger partial charge on any atom is -0.0651 e. The van der Waals surface area contributed by atoms with Gasteiger partial charge in [0.15, 0.2) is 0 Å². The minimum atomic E-state index is 1.13. The Labute approximate surface area is 132 Å². The average Bonchev–Trinajstić information content (AvgIpc) is 2.92. The van der Waals surface area contributed by atoms with Crippen LogP contribution in [0.4, 0.5) is 0 Å². The molecule has 0 saturated heterocycles. The summed E-state index contributed by atoms with van der Waals surface area (Å²) in [7, 11) is 0. The molecule has 0 atom stereocenters. The molecule has 0 fully saturated rings. The SMILES string of the molecule is CCCC1=C(c2cccc3ccccc23)c2ccccc2[CH]1. The number of hydrogen-bond donors (Lipinski definition) is 0. The third-order valence-corrected chi connectivity index (χ3v) is 4.46. The van der Waals surface area contributed by atoms with Gasteiger partial charge in [-0.15, -0.1) is 0 Å². The summed E-state index contributed by atoms with van der Waals surface area (Å²) in [6, 6.07) is 24.1. The molecule has 107 valence electrons. The summed E-state index contributed by atoms with van der Waals surface area (Å²) in [6.45, 7) is 2.25. The van der Waals surface area contributed by atoms with Gasteiger partial charge in [0.05, 0.1) is 0 Å². The normalized spacial score (nSPS) is 13.7. The quantitative estimate of drug-likeness (QED) is 0.552. The second-order valence-corrected chi connectivity index (χ2v) is 5.91. The van der Waals surface area contributed by atoms with E-state index in [2.05, 4.69) is 80.1 Å². The number of hydrogen-bond acceptors (Lipinski definition) is 0. The van der Waals surface area contributed by atoms with Crippen LogP contribution in [0, 0.1) is 6.42 Å². The zero-order valence-corrected chi connectivity index (χ0v) is 12.8. The molecule has 0 nitrogen and oxygen atoms in total. The van der Waals surface area contributed by atoms with Gasteiger partial charge in [0.1, 0.15) is 0 Å². The summed E-state index contributed by atoms with van der Waals surface area (Å²) in [5, 5.41) is 2.66. The van der Waals surface area contributed by atoms with Crippen molar-refractivity contribution < 1.29 is 0 Å². The van der Waals surface area contributed by atoms with Gasteiger partial charge in [-0.2, -0.15) is 0 Å². The summed E-state index contributed by atoms with van der Waals surface area (Å²) >= 11 is 0. The predicted octanol–water partition coefficient (Wildman–Crippen LogP) is 6.01. The standard InChI is InChI=1S/C22H19/c1-2-8-18-15-17-10-4-6-13-20(17)22(18)21-14-7-11-16-9-3-5-12-19(16)21/h3-7,9-15H,2,8H2,1H3. The van der Waals surface area contributed by atoms with Gasteiger partial charge in [-0.05, 0) is 39.5 Å². The molecule has 0 heterocycles. The van der Waals surface area contributed by atoms with Gasteiger partial charge in [-0.25, -0.2) is 0 Å². The van der Waals surface area contributed by atoms with Crippen LogP contribution in [0.2, 0.25) is 0 Å². The van der Waals surface area contributed by atoms with E-state index in [1.54, 1.807) is 0 Å².